The molecule has 0 bridgehead atoms. The number of hydrogen-bond donors (Lipinski definition) is 2. The van der Waals surface area contributed by atoms with Gasteiger partial charge >= 0.3 is 0 Å². The van der Waals surface area contributed by atoms with E-state index in [9.17, 15) is 0 Å². The molecule has 3 rings (SSSR count). The third-order valence-corrected chi connectivity index (χ3v) is 7.13. The summed E-state index contributed by atoms with van der Waals surface area (Å²) in [5.41, 5.74) is 1.41. The molecule has 162 valence electrons. The van der Waals surface area contributed by atoms with Crippen molar-refractivity contribution in [2.45, 2.75) is 44.2 Å². The lowest BCUT2D eigenvalue weighted by Crippen LogP contribution is -2.59. The fraction of sp³-hybridized carbons (Fsp3) is 0.682. The highest BCUT2D eigenvalue weighted by molar-refractivity contribution is 7.99. The van der Waals surface area contributed by atoms with Crippen LogP contribution in [0.1, 0.15) is 37.7 Å². The number of methoxy groups -OCH3 is 2. The molecule has 0 spiro atoms. The summed E-state index contributed by atoms with van der Waals surface area (Å²) in [6.07, 6.45) is 6.62. The Hall–Kier alpha value is -1.60. The summed E-state index contributed by atoms with van der Waals surface area (Å²) in [4.78, 5) is 7.20. The maximum Gasteiger partial charge on any atom is 0.191 e. The van der Waals surface area contributed by atoms with E-state index < -0.39 is 0 Å². The second-order valence-corrected chi connectivity index (χ2v) is 9.08. The molecule has 7 heteroatoms. The van der Waals surface area contributed by atoms with Crippen molar-refractivity contribution in [2.75, 3.05) is 52.4 Å². The molecule has 2 fully saturated rings. The van der Waals surface area contributed by atoms with Crippen LogP contribution in [0.3, 0.4) is 0 Å². The lowest BCUT2D eigenvalue weighted by Gasteiger charge is -2.48. The Morgan fingerprint density at radius 1 is 1.07 bits per heavy atom. The molecule has 1 heterocycles. The lowest BCUT2D eigenvalue weighted by molar-refractivity contribution is 0.0626. The Bertz CT molecular complexity index is 671. The van der Waals surface area contributed by atoms with Gasteiger partial charge in [0.2, 0.25) is 0 Å². The zero-order chi connectivity index (χ0) is 20.5. The molecule has 1 aromatic carbocycles. The molecule has 0 unspecified atom stereocenters. The van der Waals surface area contributed by atoms with Crippen molar-refractivity contribution in [1.82, 2.24) is 15.5 Å². The normalized spacial score (nSPS) is 20.2. The molecular formula is C22H36N4O2S. The average Bonchev–Trinajstić information content (AvgIpc) is 2.80. The molecule has 1 aromatic rings. The van der Waals surface area contributed by atoms with Gasteiger partial charge in [-0.05, 0) is 30.5 Å². The highest BCUT2D eigenvalue weighted by Gasteiger charge is 2.38. The van der Waals surface area contributed by atoms with Gasteiger partial charge in [-0.1, -0.05) is 25.3 Å². The SMILES string of the molecule is CN=C(NCc1ccc(OC)c(OC)c1)NCC1(N2CCSCC2)CCCCC1. The number of rotatable bonds is 7. The molecular weight excluding hydrogens is 384 g/mol. The first-order valence-corrected chi connectivity index (χ1v) is 11.8. The smallest absolute Gasteiger partial charge is 0.191 e. The summed E-state index contributed by atoms with van der Waals surface area (Å²) in [5.74, 6) is 4.87. The van der Waals surface area contributed by atoms with E-state index in [1.807, 2.05) is 19.2 Å². The van der Waals surface area contributed by atoms with Gasteiger partial charge in [0.25, 0.3) is 0 Å². The number of ether oxygens (including phenoxy) is 2. The van der Waals surface area contributed by atoms with E-state index in [1.165, 1.54) is 56.7 Å². The molecule has 0 radical (unpaired) electrons. The number of hydrogen-bond acceptors (Lipinski definition) is 5. The van der Waals surface area contributed by atoms with Crippen molar-refractivity contribution in [3.8, 4) is 11.5 Å². The standard InChI is InChI=1S/C22H36N4O2S/c1-23-21(24-16-18-7-8-19(27-2)20(15-18)28-3)25-17-22(9-5-4-6-10-22)26-11-13-29-14-12-26/h7-8,15H,4-6,9-14,16-17H2,1-3H3,(H2,23,24,25). The third kappa shape index (κ3) is 5.72. The van der Waals surface area contributed by atoms with Crippen LogP contribution in [-0.4, -0.2) is 68.8 Å². The summed E-state index contributed by atoms with van der Waals surface area (Å²) >= 11 is 2.08. The van der Waals surface area contributed by atoms with Crippen LogP contribution in [0.5, 0.6) is 11.5 Å². The minimum Gasteiger partial charge on any atom is -0.493 e. The number of aliphatic imine (C=N–C) groups is 1. The largest absolute Gasteiger partial charge is 0.493 e. The van der Waals surface area contributed by atoms with E-state index in [0.717, 1.165) is 29.6 Å². The zero-order valence-electron chi connectivity index (χ0n) is 18.1. The van der Waals surface area contributed by atoms with Crippen LogP contribution in [0.15, 0.2) is 23.2 Å². The quantitative estimate of drug-likeness (QED) is 0.522. The molecule has 2 N–H and O–H groups in total. The van der Waals surface area contributed by atoms with Gasteiger partial charge < -0.3 is 20.1 Å². The van der Waals surface area contributed by atoms with Crippen LogP contribution in [-0.2, 0) is 6.54 Å². The van der Waals surface area contributed by atoms with Gasteiger partial charge in [0.1, 0.15) is 0 Å². The summed E-state index contributed by atoms with van der Waals surface area (Å²) < 4.78 is 10.7. The molecule has 29 heavy (non-hydrogen) atoms. The second-order valence-electron chi connectivity index (χ2n) is 7.85. The average molecular weight is 421 g/mol. The molecule has 1 aliphatic heterocycles. The number of guanidine groups is 1. The third-order valence-electron chi connectivity index (χ3n) is 6.18. The van der Waals surface area contributed by atoms with E-state index >= 15 is 0 Å². The van der Waals surface area contributed by atoms with Crippen LogP contribution in [0, 0.1) is 0 Å². The first-order valence-electron chi connectivity index (χ1n) is 10.7. The minimum absolute atomic E-state index is 0.278. The number of nitrogens with zero attached hydrogens (tertiary/aromatic N) is 2. The van der Waals surface area contributed by atoms with Crippen LogP contribution in [0.2, 0.25) is 0 Å². The number of thioether (sulfide) groups is 1. The Morgan fingerprint density at radius 3 is 2.45 bits per heavy atom. The fourth-order valence-corrected chi connectivity index (χ4v) is 5.40. The second kappa shape index (κ2) is 11.0. The molecule has 2 aliphatic rings. The van der Waals surface area contributed by atoms with Crippen molar-refractivity contribution in [3.05, 3.63) is 23.8 Å². The number of nitrogens with one attached hydrogen (secondary N) is 2. The summed E-state index contributed by atoms with van der Waals surface area (Å²) in [6.45, 7) is 4.07. The van der Waals surface area contributed by atoms with E-state index in [4.69, 9.17) is 9.47 Å². The monoisotopic (exact) mass is 420 g/mol. The Labute approximate surface area is 179 Å². The van der Waals surface area contributed by atoms with E-state index in [0.29, 0.717) is 6.54 Å². The van der Waals surface area contributed by atoms with E-state index in [1.54, 1.807) is 14.2 Å². The van der Waals surface area contributed by atoms with Crippen LogP contribution in [0.4, 0.5) is 0 Å². The van der Waals surface area contributed by atoms with Gasteiger partial charge in [-0.25, -0.2) is 0 Å². The van der Waals surface area contributed by atoms with Crippen LogP contribution >= 0.6 is 11.8 Å². The van der Waals surface area contributed by atoms with E-state index in [-0.39, 0.29) is 5.54 Å². The maximum atomic E-state index is 5.41. The molecule has 1 saturated heterocycles. The molecule has 6 nitrogen and oxygen atoms in total. The molecule has 1 saturated carbocycles. The Balaban J connectivity index is 1.58. The van der Waals surface area contributed by atoms with Crippen LogP contribution < -0.4 is 20.1 Å². The first-order chi connectivity index (χ1) is 14.2. The van der Waals surface area contributed by atoms with Crippen molar-refractivity contribution >= 4 is 17.7 Å². The van der Waals surface area contributed by atoms with Crippen molar-refractivity contribution < 1.29 is 9.47 Å². The summed E-state index contributed by atoms with van der Waals surface area (Å²) in [7, 11) is 5.16. The topological polar surface area (TPSA) is 58.1 Å². The predicted molar refractivity (Wildman–Crippen MR) is 122 cm³/mol. The maximum absolute atomic E-state index is 5.41. The zero-order valence-corrected chi connectivity index (χ0v) is 18.9. The first kappa shape index (κ1) is 22.1. The van der Waals surface area contributed by atoms with Gasteiger partial charge in [0.15, 0.2) is 17.5 Å². The van der Waals surface area contributed by atoms with Gasteiger partial charge in [-0.15, -0.1) is 0 Å². The van der Waals surface area contributed by atoms with Gasteiger partial charge in [-0.2, -0.15) is 11.8 Å². The van der Waals surface area contributed by atoms with Crippen molar-refractivity contribution in [3.63, 3.8) is 0 Å². The molecule has 0 aromatic heterocycles. The molecule has 0 atom stereocenters. The van der Waals surface area contributed by atoms with Crippen molar-refractivity contribution in [1.29, 1.82) is 0 Å². The summed E-state index contributed by atoms with van der Waals surface area (Å²) in [6, 6.07) is 6.00. The van der Waals surface area contributed by atoms with Gasteiger partial charge in [0, 0.05) is 50.3 Å². The highest BCUT2D eigenvalue weighted by Crippen LogP contribution is 2.35. The van der Waals surface area contributed by atoms with Crippen LogP contribution in [0.25, 0.3) is 0 Å². The Kier molecular flexibility index (Phi) is 8.36. The lowest BCUT2D eigenvalue weighted by atomic mass is 9.80. The van der Waals surface area contributed by atoms with Gasteiger partial charge in [-0.3, -0.25) is 9.89 Å². The summed E-state index contributed by atoms with van der Waals surface area (Å²) in [5, 5.41) is 7.09. The predicted octanol–water partition coefficient (Wildman–Crippen LogP) is 3.12. The number of benzene rings is 1. The van der Waals surface area contributed by atoms with Crippen molar-refractivity contribution in [2.24, 2.45) is 4.99 Å². The highest BCUT2D eigenvalue weighted by atomic mass is 32.2. The Morgan fingerprint density at radius 2 is 1.79 bits per heavy atom. The molecule has 0 amide bonds. The fourth-order valence-electron chi connectivity index (χ4n) is 4.50. The van der Waals surface area contributed by atoms with Gasteiger partial charge in [0.05, 0.1) is 14.2 Å². The van der Waals surface area contributed by atoms with E-state index in [2.05, 4.69) is 38.4 Å². The minimum atomic E-state index is 0.278. The molecule has 1 aliphatic carbocycles.